The van der Waals surface area contributed by atoms with Gasteiger partial charge in [-0.05, 0) is 54.4 Å². The topological polar surface area (TPSA) is 67.6 Å². The summed E-state index contributed by atoms with van der Waals surface area (Å²) in [5, 5.41) is 7.54. The Hall–Kier alpha value is -1.56. The summed E-state index contributed by atoms with van der Waals surface area (Å²) in [6.07, 6.45) is 1.63. The Bertz CT molecular complexity index is 528. The second kappa shape index (κ2) is 6.91. The fourth-order valence-electron chi connectivity index (χ4n) is 2.95. The van der Waals surface area contributed by atoms with E-state index in [1.807, 2.05) is 39.5 Å². The van der Waals surface area contributed by atoms with Crippen LogP contribution in [0.1, 0.15) is 57.6 Å². The molecule has 23 heavy (non-hydrogen) atoms. The molecule has 2 rings (SSSR count). The smallest absolute Gasteiger partial charge is 0.410 e. The molecule has 0 aromatic carbocycles. The maximum Gasteiger partial charge on any atom is 0.410 e. The van der Waals surface area contributed by atoms with Crippen LogP contribution >= 0.6 is 0 Å². The van der Waals surface area contributed by atoms with Crippen molar-refractivity contribution in [1.82, 2.24) is 15.4 Å². The number of hydrogen-bond donors (Lipinski definition) is 1. The number of piperidine rings is 1. The molecule has 1 N–H and O–H groups in total. The van der Waals surface area contributed by atoms with Crippen LogP contribution < -0.4 is 5.32 Å². The predicted molar refractivity (Wildman–Crippen MR) is 88.2 cm³/mol. The first-order chi connectivity index (χ1) is 10.7. The summed E-state index contributed by atoms with van der Waals surface area (Å²) >= 11 is 0. The third-order valence-electron chi connectivity index (χ3n) is 4.25. The van der Waals surface area contributed by atoms with Crippen LogP contribution in [0.5, 0.6) is 0 Å². The highest BCUT2D eigenvalue weighted by Crippen LogP contribution is 2.21. The number of carbonyl (C=O) groups is 1. The number of hydrogen-bond acceptors (Lipinski definition) is 5. The number of aromatic nitrogens is 1. The van der Waals surface area contributed by atoms with E-state index in [2.05, 4.69) is 17.4 Å². The quantitative estimate of drug-likeness (QED) is 0.925. The molecule has 0 aliphatic carbocycles. The van der Waals surface area contributed by atoms with Crippen LogP contribution in [0.4, 0.5) is 4.79 Å². The van der Waals surface area contributed by atoms with Gasteiger partial charge in [0.2, 0.25) is 0 Å². The number of nitrogens with one attached hydrogen (secondary N) is 1. The summed E-state index contributed by atoms with van der Waals surface area (Å²) in [4.78, 5) is 14.1. The Morgan fingerprint density at radius 2 is 2.13 bits per heavy atom. The molecule has 0 bridgehead atoms. The molecule has 1 aliphatic heterocycles. The fraction of sp³-hybridized carbons (Fsp3) is 0.765. The first-order valence-electron chi connectivity index (χ1n) is 8.32. The summed E-state index contributed by atoms with van der Waals surface area (Å²) in [6.45, 7) is 13.1. The lowest BCUT2D eigenvalue weighted by Crippen LogP contribution is -2.50. The van der Waals surface area contributed by atoms with Gasteiger partial charge in [0, 0.05) is 30.7 Å². The van der Waals surface area contributed by atoms with Crippen molar-refractivity contribution in [2.24, 2.45) is 0 Å². The first-order valence-corrected chi connectivity index (χ1v) is 8.32. The zero-order chi connectivity index (χ0) is 17.2. The van der Waals surface area contributed by atoms with Crippen molar-refractivity contribution in [3.8, 4) is 0 Å². The van der Waals surface area contributed by atoms with Crippen LogP contribution in [0.2, 0.25) is 0 Å². The van der Waals surface area contributed by atoms with Gasteiger partial charge in [0.25, 0.3) is 0 Å². The number of likely N-dealkylation sites (tertiary alicyclic amines) is 1. The zero-order valence-corrected chi connectivity index (χ0v) is 15.1. The molecule has 1 aromatic rings. The van der Waals surface area contributed by atoms with Gasteiger partial charge in [-0.15, -0.1) is 0 Å². The van der Waals surface area contributed by atoms with E-state index >= 15 is 0 Å². The molecular weight excluding hydrogens is 294 g/mol. The number of rotatable bonds is 3. The Morgan fingerprint density at radius 1 is 1.43 bits per heavy atom. The van der Waals surface area contributed by atoms with E-state index < -0.39 is 5.60 Å². The molecule has 0 spiro atoms. The first kappa shape index (κ1) is 17.8. The van der Waals surface area contributed by atoms with Crippen LogP contribution in [-0.2, 0) is 11.3 Å². The molecule has 1 aliphatic rings. The second-order valence-electron chi connectivity index (χ2n) is 7.43. The Labute approximate surface area is 138 Å². The molecule has 0 saturated carbocycles. The van der Waals surface area contributed by atoms with Crippen molar-refractivity contribution >= 4 is 6.09 Å². The molecule has 1 amide bonds. The van der Waals surface area contributed by atoms with Gasteiger partial charge in [0.15, 0.2) is 0 Å². The van der Waals surface area contributed by atoms with Gasteiger partial charge < -0.3 is 19.5 Å². The predicted octanol–water partition coefficient (Wildman–Crippen LogP) is 3.17. The molecule has 1 aromatic heterocycles. The van der Waals surface area contributed by atoms with Crippen LogP contribution in [0.25, 0.3) is 0 Å². The van der Waals surface area contributed by atoms with E-state index in [4.69, 9.17) is 9.26 Å². The van der Waals surface area contributed by atoms with E-state index in [1.165, 1.54) is 0 Å². The molecule has 2 heterocycles. The molecule has 1 fully saturated rings. The summed E-state index contributed by atoms with van der Waals surface area (Å²) in [5.74, 6) is 0.870. The highest BCUT2D eigenvalue weighted by atomic mass is 16.6. The Balaban J connectivity index is 1.85. The van der Waals surface area contributed by atoms with Gasteiger partial charge in [0.05, 0.1) is 5.69 Å². The largest absolute Gasteiger partial charge is 0.444 e. The van der Waals surface area contributed by atoms with Crippen LogP contribution in [0.3, 0.4) is 0 Å². The average Bonchev–Trinajstić information content (AvgIpc) is 2.74. The SMILES string of the molecule is Cc1noc(C)c1CNC1CCN(C(=O)OC(C)(C)C)C(C)C1. The number of amides is 1. The normalized spacial score (nSPS) is 22.3. The molecule has 0 radical (unpaired) electrons. The fourth-order valence-corrected chi connectivity index (χ4v) is 2.95. The zero-order valence-electron chi connectivity index (χ0n) is 15.1. The van der Waals surface area contributed by atoms with Crippen LogP contribution in [0.15, 0.2) is 4.52 Å². The highest BCUT2D eigenvalue weighted by molar-refractivity contribution is 5.68. The summed E-state index contributed by atoms with van der Waals surface area (Å²) in [7, 11) is 0. The summed E-state index contributed by atoms with van der Waals surface area (Å²) < 4.78 is 10.7. The average molecular weight is 323 g/mol. The molecule has 1 saturated heterocycles. The summed E-state index contributed by atoms with van der Waals surface area (Å²) in [5.41, 5.74) is 1.62. The van der Waals surface area contributed by atoms with Crippen molar-refractivity contribution in [1.29, 1.82) is 0 Å². The van der Waals surface area contributed by atoms with E-state index in [9.17, 15) is 4.79 Å². The van der Waals surface area contributed by atoms with Gasteiger partial charge >= 0.3 is 6.09 Å². The lowest BCUT2D eigenvalue weighted by atomic mass is 9.98. The molecule has 130 valence electrons. The molecular formula is C17H29N3O3. The molecule has 2 unspecified atom stereocenters. The third kappa shape index (κ3) is 4.70. The van der Waals surface area contributed by atoms with Crippen molar-refractivity contribution in [2.75, 3.05) is 6.54 Å². The lowest BCUT2D eigenvalue weighted by molar-refractivity contribution is 0.00932. The van der Waals surface area contributed by atoms with Gasteiger partial charge in [-0.3, -0.25) is 0 Å². The van der Waals surface area contributed by atoms with Crippen molar-refractivity contribution < 1.29 is 14.1 Å². The minimum Gasteiger partial charge on any atom is -0.444 e. The van der Waals surface area contributed by atoms with E-state index in [0.29, 0.717) is 6.04 Å². The van der Waals surface area contributed by atoms with Gasteiger partial charge in [-0.2, -0.15) is 0 Å². The molecule has 6 nitrogen and oxygen atoms in total. The van der Waals surface area contributed by atoms with Crippen molar-refractivity contribution in [2.45, 2.75) is 78.6 Å². The summed E-state index contributed by atoms with van der Waals surface area (Å²) in [6, 6.07) is 0.554. The number of ether oxygens (including phenoxy) is 1. The minimum atomic E-state index is -0.449. The lowest BCUT2D eigenvalue weighted by Gasteiger charge is -2.38. The number of carbonyl (C=O) groups excluding carboxylic acids is 1. The van der Waals surface area contributed by atoms with Gasteiger partial charge in [-0.1, -0.05) is 5.16 Å². The van der Waals surface area contributed by atoms with Gasteiger partial charge in [0.1, 0.15) is 11.4 Å². The van der Waals surface area contributed by atoms with E-state index in [0.717, 1.165) is 42.9 Å². The minimum absolute atomic E-state index is 0.167. The van der Waals surface area contributed by atoms with Crippen LogP contribution in [0, 0.1) is 13.8 Å². The monoisotopic (exact) mass is 323 g/mol. The Kier molecular flexibility index (Phi) is 5.34. The Morgan fingerprint density at radius 3 is 2.65 bits per heavy atom. The maximum atomic E-state index is 12.2. The molecule has 2 atom stereocenters. The van der Waals surface area contributed by atoms with Crippen molar-refractivity contribution in [3.05, 3.63) is 17.0 Å². The highest BCUT2D eigenvalue weighted by Gasteiger charge is 2.31. The second-order valence-corrected chi connectivity index (χ2v) is 7.43. The van der Waals surface area contributed by atoms with Gasteiger partial charge in [-0.25, -0.2) is 4.79 Å². The standard InChI is InChI=1S/C17H29N3O3/c1-11-9-14(18-10-15-12(2)19-23-13(15)3)7-8-20(11)16(21)22-17(4,5)6/h11,14,18H,7-10H2,1-6H3. The number of nitrogens with zero attached hydrogens (tertiary/aromatic N) is 2. The number of aryl methyl sites for hydroxylation is 2. The van der Waals surface area contributed by atoms with E-state index in [1.54, 1.807) is 0 Å². The van der Waals surface area contributed by atoms with Crippen LogP contribution in [-0.4, -0.2) is 40.4 Å². The van der Waals surface area contributed by atoms with E-state index in [-0.39, 0.29) is 12.1 Å². The van der Waals surface area contributed by atoms with Crippen molar-refractivity contribution in [3.63, 3.8) is 0 Å². The molecule has 6 heteroatoms. The maximum absolute atomic E-state index is 12.2. The third-order valence-corrected chi connectivity index (χ3v) is 4.25.